The summed E-state index contributed by atoms with van der Waals surface area (Å²) in [6, 6.07) is 0.927. The zero-order chi connectivity index (χ0) is 8.97. The standard InChI is InChI=1S/C10H20BrN/c1-3-9(2)8-12(7-6-11)10-4-5-10/h9-10H,3-8H2,1-2H3. The molecule has 1 aliphatic rings. The molecule has 1 aliphatic carbocycles. The molecule has 72 valence electrons. The Morgan fingerprint density at radius 1 is 1.50 bits per heavy atom. The van der Waals surface area contributed by atoms with Crippen molar-refractivity contribution in [2.45, 2.75) is 39.2 Å². The van der Waals surface area contributed by atoms with E-state index in [1.165, 1.54) is 32.4 Å². The van der Waals surface area contributed by atoms with E-state index in [1.54, 1.807) is 0 Å². The Morgan fingerprint density at radius 2 is 2.17 bits per heavy atom. The van der Waals surface area contributed by atoms with Crippen LogP contribution in [0.15, 0.2) is 0 Å². The van der Waals surface area contributed by atoms with Crippen LogP contribution in [0.5, 0.6) is 0 Å². The van der Waals surface area contributed by atoms with Crippen LogP contribution in [0.3, 0.4) is 0 Å². The van der Waals surface area contributed by atoms with Crippen LogP contribution in [-0.2, 0) is 0 Å². The first-order chi connectivity index (χ1) is 5.77. The van der Waals surface area contributed by atoms with Gasteiger partial charge in [-0.25, -0.2) is 0 Å². The Balaban J connectivity index is 2.22. The lowest BCUT2D eigenvalue weighted by molar-refractivity contribution is 0.239. The Labute approximate surface area is 84.6 Å². The third-order valence-electron chi connectivity index (χ3n) is 2.68. The minimum Gasteiger partial charge on any atom is -0.299 e. The molecular weight excluding hydrogens is 214 g/mol. The molecule has 1 nitrogen and oxygen atoms in total. The largest absolute Gasteiger partial charge is 0.299 e. The molecule has 0 saturated heterocycles. The van der Waals surface area contributed by atoms with Crippen molar-refractivity contribution in [2.24, 2.45) is 5.92 Å². The van der Waals surface area contributed by atoms with Crippen molar-refractivity contribution >= 4 is 15.9 Å². The Kier molecular flexibility index (Phi) is 4.59. The molecule has 1 rings (SSSR count). The number of rotatable bonds is 6. The van der Waals surface area contributed by atoms with E-state index in [-0.39, 0.29) is 0 Å². The third kappa shape index (κ3) is 3.44. The smallest absolute Gasteiger partial charge is 0.0159 e. The van der Waals surface area contributed by atoms with Gasteiger partial charge in [0.05, 0.1) is 0 Å². The summed E-state index contributed by atoms with van der Waals surface area (Å²) in [6.45, 7) is 7.16. The van der Waals surface area contributed by atoms with Crippen molar-refractivity contribution in [1.29, 1.82) is 0 Å². The van der Waals surface area contributed by atoms with Gasteiger partial charge in [0.15, 0.2) is 0 Å². The molecule has 1 saturated carbocycles. The quantitative estimate of drug-likeness (QED) is 0.639. The van der Waals surface area contributed by atoms with Gasteiger partial charge in [-0.05, 0) is 18.8 Å². The first kappa shape index (κ1) is 10.5. The lowest BCUT2D eigenvalue weighted by atomic mass is 10.1. The Bertz CT molecular complexity index is 123. The number of hydrogen-bond acceptors (Lipinski definition) is 1. The van der Waals surface area contributed by atoms with E-state index in [4.69, 9.17) is 0 Å². The van der Waals surface area contributed by atoms with Crippen molar-refractivity contribution < 1.29 is 0 Å². The molecule has 0 amide bonds. The maximum atomic E-state index is 3.52. The van der Waals surface area contributed by atoms with Crippen LogP contribution in [-0.4, -0.2) is 29.4 Å². The van der Waals surface area contributed by atoms with Crippen LogP contribution < -0.4 is 0 Å². The number of nitrogens with zero attached hydrogens (tertiary/aromatic N) is 1. The summed E-state index contributed by atoms with van der Waals surface area (Å²) >= 11 is 3.52. The van der Waals surface area contributed by atoms with Gasteiger partial charge >= 0.3 is 0 Å². The third-order valence-corrected chi connectivity index (χ3v) is 3.03. The molecule has 0 N–H and O–H groups in total. The van der Waals surface area contributed by atoms with Crippen LogP contribution in [0.2, 0.25) is 0 Å². The molecule has 2 heteroatoms. The highest BCUT2D eigenvalue weighted by molar-refractivity contribution is 9.09. The van der Waals surface area contributed by atoms with Gasteiger partial charge in [-0.15, -0.1) is 0 Å². The highest BCUT2D eigenvalue weighted by atomic mass is 79.9. The van der Waals surface area contributed by atoms with Crippen molar-refractivity contribution in [3.8, 4) is 0 Å². The average Bonchev–Trinajstić information content (AvgIpc) is 2.86. The van der Waals surface area contributed by atoms with E-state index in [0.29, 0.717) is 0 Å². The SMILES string of the molecule is CCC(C)CN(CCBr)C1CC1. The van der Waals surface area contributed by atoms with Crippen molar-refractivity contribution in [3.63, 3.8) is 0 Å². The number of alkyl halides is 1. The fourth-order valence-electron chi connectivity index (χ4n) is 1.50. The topological polar surface area (TPSA) is 3.24 Å². The molecule has 12 heavy (non-hydrogen) atoms. The zero-order valence-electron chi connectivity index (χ0n) is 8.22. The fraction of sp³-hybridized carbons (Fsp3) is 1.00. The van der Waals surface area contributed by atoms with Gasteiger partial charge < -0.3 is 0 Å². The summed E-state index contributed by atoms with van der Waals surface area (Å²) in [7, 11) is 0. The fourth-order valence-corrected chi connectivity index (χ4v) is 1.96. The van der Waals surface area contributed by atoms with Crippen molar-refractivity contribution in [2.75, 3.05) is 18.4 Å². The molecular formula is C10H20BrN. The summed E-state index contributed by atoms with van der Waals surface area (Å²) in [5.74, 6) is 0.865. The predicted molar refractivity (Wildman–Crippen MR) is 57.8 cm³/mol. The minimum atomic E-state index is 0.865. The highest BCUT2D eigenvalue weighted by Gasteiger charge is 2.28. The molecule has 1 atom stereocenters. The second kappa shape index (κ2) is 5.23. The van der Waals surface area contributed by atoms with Gasteiger partial charge in [0, 0.05) is 24.5 Å². The van der Waals surface area contributed by atoms with Crippen molar-refractivity contribution in [3.05, 3.63) is 0 Å². The van der Waals surface area contributed by atoms with E-state index >= 15 is 0 Å². The first-order valence-corrected chi connectivity index (χ1v) is 6.20. The van der Waals surface area contributed by atoms with Crippen LogP contribution >= 0.6 is 15.9 Å². The minimum absolute atomic E-state index is 0.865. The van der Waals surface area contributed by atoms with Gasteiger partial charge in [0.25, 0.3) is 0 Å². The van der Waals surface area contributed by atoms with E-state index in [1.807, 2.05) is 0 Å². The number of halogens is 1. The van der Waals surface area contributed by atoms with Crippen LogP contribution in [0.1, 0.15) is 33.1 Å². The van der Waals surface area contributed by atoms with Crippen LogP contribution in [0.25, 0.3) is 0 Å². The lowest BCUT2D eigenvalue weighted by Gasteiger charge is -2.23. The summed E-state index contributed by atoms with van der Waals surface area (Å²) in [5.41, 5.74) is 0. The molecule has 0 aliphatic heterocycles. The zero-order valence-corrected chi connectivity index (χ0v) is 9.81. The van der Waals surface area contributed by atoms with Crippen LogP contribution in [0.4, 0.5) is 0 Å². The molecule has 0 heterocycles. The van der Waals surface area contributed by atoms with Gasteiger partial charge in [-0.2, -0.15) is 0 Å². The van der Waals surface area contributed by atoms with E-state index in [0.717, 1.165) is 17.3 Å². The Hall–Kier alpha value is 0.440. The van der Waals surface area contributed by atoms with Gasteiger partial charge in [0.1, 0.15) is 0 Å². The maximum Gasteiger partial charge on any atom is 0.0159 e. The molecule has 0 aromatic heterocycles. The van der Waals surface area contributed by atoms with Crippen LogP contribution in [0, 0.1) is 5.92 Å². The van der Waals surface area contributed by atoms with Gasteiger partial charge in [-0.1, -0.05) is 36.2 Å². The highest BCUT2D eigenvalue weighted by Crippen LogP contribution is 2.27. The molecule has 0 aromatic rings. The van der Waals surface area contributed by atoms with Crippen molar-refractivity contribution in [1.82, 2.24) is 4.90 Å². The molecule has 1 fully saturated rings. The molecule has 0 bridgehead atoms. The van der Waals surface area contributed by atoms with Gasteiger partial charge in [0.2, 0.25) is 0 Å². The first-order valence-electron chi connectivity index (χ1n) is 5.08. The summed E-state index contributed by atoms with van der Waals surface area (Å²) in [6.07, 6.45) is 4.18. The molecule has 0 radical (unpaired) electrons. The lowest BCUT2D eigenvalue weighted by Crippen LogP contribution is -2.32. The average molecular weight is 234 g/mol. The summed E-state index contributed by atoms with van der Waals surface area (Å²) in [4.78, 5) is 2.64. The van der Waals surface area contributed by atoms with E-state index in [2.05, 4.69) is 34.7 Å². The second-order valence-corrected chi connectivity index (χ2v) is 4.72. The second-order valence-electron chi connectivity index (χ2n) is 3.93. The monoisotopic (exact) mass is 233 g/mol. The maximum absolute atomic E-state index is 3.52. The molecule has 0 spiro atoms. The normalized spacial score (nSPS) is 20.0. The summed E-state index contributed by atoms with van der Waals surface area (Å²) in [5, 5.41) is 1.12. The van der Waals surface area contributed by atoms with E-state index < -0.39 is 0 Å². The predicted octanol–water partition coefficient (Wildman–Crippen LogP) is 2.89. The van der Waals surface area contributed by atoms with Gasteiger partial charge in [-0.3, -0.25) is 4.90 Å². The molecule has 1 unspecified atom stereocenters. The Morgan fingerprint density at radius 3 is 2.58 bits per heavy atom. The number of hydrogen-bond donors (Lipinski definition) is 0. The summed E-state index contributed by atoms with van der Waals surface area (Å²) < 4.78 is 0. The van der Waals surface area contributed by atoms with E-state index in [9.17, 15) is 0 Å². The molecule has 0 aromatic carbocycles.